The van der Waals surface area contributed by atoms with Crippen molar-refractivity contribution in [3.63, 3.8) is 0 Å². The summed E-state index contributed by atoms with van der Waals surface area (Å²) in [6, 6.07) is 19.7. The molecular formula is C28H31N3O2. The van der Waals surface area contributed by atoms with Gasteiger partial charge in [-0.05, 0) is 36.6 Å². The second-order valence-electron chi connectivity index (χ2n) is 7.57. The van der Waals surface area contributed by atoms with Gasteiger partial charge in [0.1, 0.15) is 11.3 Å². The summed E-state index contributed by atoms with van der Waals surface area (Å²) in [6.45, 7) is 7.77. The van der Waals surface area contributed by atoms with Gasteiger partial charge in [-0.2, -0.15) is 9.78 Å². The van der Waals surface area contributed by atoms with Gasteiger partial charge in [0.2, 0.25) is 5.88 Å². The smallest absolute Gasteiger partial charge is 0.261 e. The first kappa shape index (κ1) is 23.8. The number of aromatic nitrogens is 2. The third kappa shape index (κ3) is 4.98. The maximum absolute atomic E-state index is 14.0. The van der Waals surface area contributed by atoms with Crippen molar-refractivity contribution in [2.24, 2.45) is 0 Å². The number of amides is 1. The van der Waals surface area contributed by atoms with E-state index in [-0.39, 0.29) is 11.9 Å². The molecule has 2 aromatic carbocycles. The van der Waals surface area contributed by atoms with Crippen LogP contribution in [-0.2, 0) is 0 Å². The predicted octanol–water partition coefficient (Wildman–Crippen LogP) is 6.25. The molecule has 0 aliphatic carbocycles. The van der Waals surface area contributed by atoms with E-state index >= 15 is 0 Å². The van der Waals surface area contributed by atoms with Crippen LogP contribution >= 0.6 is 0 Å². The highest BCUT2D eigenvalue weighted by Gasteiger charge is 2.31. The van der Waals surface area contributed by atoms with Crippen LogP contribution < -0.4 is 4.74 Å². The molecule has 1 amide bonds. The van der Waals surface area contributed by atoms with Crippen molar-refractivity contribution in [1.82, 2.24) is 14.7 Å². The van der Waals surface area contributed by atoms with Crippen molar-refractivity contribution in [1.29, 1.82) is 0 Å². The largest absolute Gasteiger partial charge is 0.480 e. The zero-order chi connectivity index (χ0) is 23.8. The van der Waals surface area contributed by atoms with Crippen LogP contribution in [0.1, 0.15) is 47.9 Å². The van der Waals surface area contributed by atoms with Crippen LogP contribution in [0.3, 0.4) is 0 Å². The van der Waals surface area contributed by atoms with Gasteiger partial charge in [-0.25, -0.2) is 0 Å². The molecule has 1 unspecified atom stereocenters. The van der Waals surface area contributed by atoms with E-state index in [4.69, 9.17) is 9.84 Å². The maximum atomic E-state index is 14.0. The van der Waals surface area contributed by atoms with E-state index in [1.54, 1.807) is 22.8 Å². The highest BCUT2D eigenvalue weighted by atomic mass is 16.5. The van der Waals surface area contributed by atoms with Gasteiger partial charge in [0.15, 0.2) is 0 Å². The highest BCUT2D eigenvalue weighted by Crippen LogP contribution is 2.34. The third-order valence-electron chi connectivity index (χ3n) is 5.61. The third-order valence-corrected chi connectivity index (χ3v) is 5.61. The van der Waals surface area contributed by atoms with Crippen molar-refractivity contribution >= 4 is 11.5 Å². The predicted molar refractivity (Wildman–Crippen MR) is 135 cm³/mol. The number of benzene rings is 2. The first-order chi connectivity index (χ1) is 16.1. The normalized spacial score (nSPS) is 12.5. The average molecular weight is 442 g/mol. The summed E-state index contributed by atoms with van der Waals surface area (Å²) in [4.78, 5) is 15.8. The van der Waals surface area contributed by atoms with Gasteiger partial charge in [-0.3, -0.25) is 4.79 Å². The van der Waals surface area contributed by atoms with E-state index in [1.165, 1.54) is 0 Å². The van der Waals surface area contributed by atoms with E-state index < -0.39 is 0 Å². The molecule has 3 aromatic rings. The van der Waals surface area contributed by atoms with E-state index in [9.17, 15) is 4.79 Å². The molecular weight excluding hydrogens is 410 g/mol. The summed E-state index contributed by atoms with van der Waals surface area (Å²) >= 11 is 0. The first-order valence-corrected chi connectivity index (χ1v) is 11.1. The van der Waals surface area contributed by atoms with Crippen molar-refractivity contribution in [2.75, 3.05) is 14.2 Å². The zero-order valence-corrected chi connectivity index (χ0v) is 19.7. The summed E-state index contributed by atoms with van der Waals surface area (Å²) in [5.41, 5.74) is 3.71. The lowest BCUT2D eigenvalue weighted by Crippen LogP contribution is -2.31. The molecule has 0 fully saturated rings. The second kappa shape index (κ2) is 11.1. The number of rotatable bonds is 9. The molecule has 0 aliphatic rings. The Labute approximate surface area is 196 Å². The molecule has 0 saturated carbocycles. The number of allylic oxidation sites excluding steroid dienone is 5. The summed E-state index contributed by atoms with van der Waals surface area (Å²) < 4.78 is 7.47. The monoisotopic (exact) mass is 441 g/mol. The molecule has 0 spiro atoms. The topological polar surface area (TPSA) is 47.4 Å². The highest BCUT2D eigenvalue weighted by molar-refractivity contribution is 6.02. The van der Waals surface area contributed by atoms with Crippen LogP contribution in [0.4, 0.5) is 0 Å². The molecule has 0 saturated heterocycles. The Bertz CT molecular complexity index is 1140. The Hall–Kier alpha value is -3.86. The van der Waals surface area contributed by atoms with Crippen molar-refractivity contribution in [3.05, 3.63) is 108 Å². The van der Waals surface area contributed by atoms with Crippen molar-refractivity contribution < 1.29 is 9.53 Å². The van der Waals surface area contributed by atoms with Crippen LogP contribution in [-0.4, -0.2) is 34.7 Å². The minimum Gasteiger partial charge on any atom is -0.480 e. The van der Waals surface area contributed by atoms with Gasteiger partial charge < -0.3 is 9.64 Å². The number of para-hydroxylation sites is 1. The van der Waals surface area contributed by atoms with Crippen LogP contribution in [0.2, 0.25) is 0 Å². The molecule has 5 heteroatoms. The van der Waals surface area contributed by atoms with Crippen LogP contribution in [0.5, 0.6) is 5.88 Å². The zero-order valence-electron chi connectivity index (χ0n) is 19.7. The second-order valence-corrected chi connectivity index (χ2v) is 7.57. The molecule has 1 heterocycles. The minimum absolute atomic E-state index is 0.0749. The Balaban J connectivity index is 2.19. The van der Waals surface area contributed by atoms with Crippen molar-refractivity contribution in [3.8, 4) is 11.6 Å². The van der Waals surface area contributed by atoms with E-state index in [0.29, 0.717) is 17.1 Å². The van der Waals surface area contributed by atoms with Crippen LogP contribution in [0, 0.1) is 0 Å². The molecule has 0 radical (unpaired) electrons. The quantitative estimate of drug-likeness (QED) is 0.369. The number of hydrogen-bond acceptors (Lipinski definition) is 3. The molecule has 33 heavy (non-hydrogen) atoms. The first-order valence-electron chi connectivity index (χ1n) is 11.1. The molecule has 5 nitrogen and oxygen atoms in total. The minimum atomic E-state index is -0.147. The molecule has 3 rings (SSSR count). The lowest BCUT2D eigenvalue weighted by Gasteiger charge is -2.28. The molecule has 0 bridgehead atoms. The number of methoxy groups -OCH3 is 1. The molecule has 0 aliphatic heterocycles. The van der Waals surface area contributed by atoms with Gasteiger partial charge in [-0.1, -0.05) is 86.3 Å². The number of ether oxygens (including phenoxy) is 1. The maximum Gasteiger partial charge on any atom is 0.261 e. The van der Waals surface area contributed by atoms with Gasteiger partial charge in [0.25, 0.3) is 5.91 Å². The molecule has 1 atom stereocenters. The molecule has 170 valence electrons. The lowest BCUT2D eigenvalue weighted by molar-refractivity contribution is 0.0722. The van der Waals surface area contributed by atoms with Gasteiger partial charge >= 0.3 is 0 Å². The summed E-state index contributed by atoms with van der Waals surface area (Å²) in [7, 11) is 3.40. The summed E-state index contributed by atoms with van der Waals surface area (Å²) in [5, 5.41) is 4.83. The molecule has 0 N–H and O–H groups in total. The SMILES string of the molecule is C=C/C=C\C(=C/C)c1nn(-c2ccccc2)c(OC)c1C(=O)N(C)C(CC)c1ccccc1. The fourth-order valence-corrected chi connectivity index (χ4v) is 3.94. The van der Waals surface area contributed by atoms with E-state index in [0.717, 1.165) is 23.2 Å². The van der Waals surface area contributed by atoms with Gasteiger partial charge in [0.05, 0.1) is 18.8 Å². The van der Waals surface area contributed by atoms with E-state index in [1.807, 2.05) is 92.9 Å². The Morgan fingerprint density at radius 1 is 1.15 bits per heavy atom. The average Bonchev–Trinajstić information content (AvgIpc) is 3.25. The Morgan fingerprint density at radius 3 is 2.33 bits per heavy atom. The van der Waals surface area contributed by atoms with E-state index in [2.05, 4.69) is 13.5 Å². The fraction of sp³-hybridized carbons (Fsp3) is 0.214. The van der Waals surface area contributed by atoms with Gasteiger partial charge in [0, 0.05) is 7.05 Å². The fourth-order valence-electron chi connectivity index (χ4n) is 3.94. The summed E-state index contributed by atoms with van der Waals surface area (Å²) in [6.07, 6.45) is 8.15. The number of carbonyl (C=O) groups is 1. The number of nitrogens with zero attached hydrogens (tertiary/aromatic N) is 3. The van der Waals surface area contributed by atoms with Crippen molar-refractivity contribution in [2.45, 2.75) is 26.3 Å². The standard InChI is InChI=1S/C28H31N3O2/c1-6-9-16-21(7-2)26-25(28(33-5)31(29-26)23-19-14-11-15-20-23)27(32)30(4)24(8-3)22-17-12-10-13-18-22/h6-7,9-20,24H,1,8H2,2-5H3/b16-9-,21-7+. The van der Waals surface area contributed by atoms with Gasteiger partial charge in [-0.15, -0.1) is 0 Å². The Morgan fingerprint density at radius 2 is 1.79 bits per heavy atom. The lowest BCUT2D eigenvalue weighted by atomic mass is 10.0. The summed E-state index contributed by atoms with van der Waals surface area (Å²) in [5.74, 6) is 0.258. The van der Waals surface area contributed by atoms with Crippen LogP contribution in [0.15, 0.2) is 91.5 Å². The molecule has 1 aromatic heterocycles. The Kier molecular flexibility index (Phi) is 8.03. The number of carbonyl (C=O) groups excluding carboxylic acids is 1. The van der Waals surface area contributed by atoms with Crippen LogP contribution in [0.25, 0.3) is 11.3 Å². The number of hydrogen-bond donors (Lipinski definition) is 0.